The molecule has 10 atom stereocenters. The minimum absolute atomic E-state index is 0.0380. The standard InChI is InChI=1S/C52H79N3O5S/c1-10-59-46(56)51(35-60-38-12-11-29-53-34-38)24-15-37(16-25-51)41-18-22-48(6)43(47(41,4)5)19-23-50(8)44(48)14-13-42-45-40(36(2)3)17-26-52(45,28-27-49(42,50)7)54-30-33-55-31-20-39(21-32-55)61(9,57)58/h11-12,15,18,29,34,39-40,42-45,54H,2,10,13-14,16-17,19-28,30-33,35H2,1,3-9H3/t40-,42+,43-,44+,45+,48-,49+,50+,51?,52-/m0/s1. The molecule has 0 amide bonds. The molecule has 1 unspecified atom stereocenters. The molecule has 1 aromatic heterocycles. The fraction of sp³-hybridized carbons (Fsp3) is 0.769. The molecule has 1 saturated heterocycles. The molecule has 0 radical (unpaired) electrons. The van der Waals surface area contributed by atoms with E-state index in [-0.39, 0.29) is 38.4 Å². The molecule has 8 rings (SSSR count). The van der Waals surface area contributed by atoms with Gasteiger partial charge in [-0.2, -0.15) is 0 Å². The Morgan fingerprint density at radius 2 is 1.70 bits per heavy atom. The van der Waals surface area contributed by atoms with E-state index in [0.717, 1.165) is 58.3 Å². The van der Waals surface area contributed by atoms with Crippen molar-refractivity contribution in [2.45, 2.75) is 149 Å². The monoisotopic (exact) mass is 858 g/mol. The van der Waals surface area contributed by atoms with Crippen LogP contribution in [0.3, 0.4) is 0 Å². The van der Waals surface area contributed by atoms with Crippen LogP contribution in [0.25, 0.3) is 0 Å². The van der Waals surface area contributed by atoms with Crippen LogP contribution in [0.15, 0.2) is 60.0 Å². The topological polar surface area (TPSA) is 97.8 Å². The number of rotatable bonds is 12. The largest absolute Gasteiger partial charge is 0.491 e. The van der Waals surface area contributed by atoms with E-state index in [0.29, 0.717) is 55.0 Å². The highest BCUT2D eigenvalue weighted by atomic mass is 32.2. The predicted octanol–water partition coefficient (Wildman–Crippen LogP) is 10.2. The number of esters is 1. The summed E-state index contributed by atoms with van der Waals surface area (Å²) in [5, 5.41) is 4.11. The number of carbonyl (C=O) groups excluding carboxylic acids is 1. The third-order valence-corrected chi connectivity index (χ3v) is 21.2. The Morgan fingerprint density at radius 3 is 2.36 bits per heavy atom. The van der Waals surface area contributed by atoms with E-state index >= 15 is 0 Å². The SMILES string of the molecule is C=C(C)[C@@H]1CC[C@]2(NCCN3CCC(S(C)(=O)=O)CC3)CC[C@]3(C)[C@H](CC[C@@H]4[C@@]5(C)CC=C(C6=CCC(COc7cccnc7)(C(=O)OCC)CC6)C(C)(C)[C@@H]5CC[C@]43C)[C@@H]12. The number of hydrogen-bond acceptors (Lipinski definition) is 8. The quantitative estimate of drug-likeness (QED) is 0.164. The number of hydrogen-bond donors (Lipinski definition) is 1. The smallest absolute Gasteiger partial charge is 0.315 e. The number of fused-ring (bicyclic) bond motifs is 7. The van der Waals surface area contributed by atoms with Gasteiger partial charge in [-0.05, 0) is 191 Å². The van der Waals surface area contributed by atoms with Gasteiger partial charge in [0.1, 0.15) is 27.6 Å². The summed E-state index contributed by atoms with van der Waals surface area (Å²) in [6, 6.07) is 3.76. The molecule has 9 heteroatoms. The van der Waals surface area contributed by atoms with E-state index in [4.69, 9.17) is 9.47 Å². The van der Waals surface area contributed by atoms with Gasteiger partial charge in [0.25, 0.3) is 0 Å². The summed E-state index contributed by atoms with van der Waals surface area (Å²) in [6.45, 7) is 26.5. The number of nitrogens with zero attached hydrogens (tertiary/aromatic N) is 2. The molecule has 7 aliphatic rings. The van der Waals surface area contributed by atoms with Gasteiger partial charge >= 0.3 is 5.97 Å². The average Bonchev–Trinajstić information content (AvgIpc) is 3.61. The lowest BCUT2D eigenvalue weighted by Crippen LogP contribution is -2.68. The van der Waals surface area contributed by atoms with Crippen LogP contribution in [-0.4, -0.2) is 80.7 Å². The second-order valence-corrected chi connectivity index (χ2v) is 24.9. The molecule has 0 aromatic carbocycles. The van der Waals surface area contributed by atoms with E-state index in [1.165, 1.54) is 74.3 Å². The third-order valence-electron chi connectivity index (χ3n) is 19.5. The van der Waals surface area contributed by atoms with Gasteiger partial charge in [0.2, 0.25) is 0 Å². The van der Waals surface area contributed by atoms with Crippen molar-refractivity contribution in [2.75, 3.05) is 45.6 Å². The highest BCUT2D eigenvalue weighted by molar-refractivity contribution is 7.91. The number of piperidine rings is 1. The van der Waals surface area contributed by atoms with Crippen LogP contribution in [0.4, 0.5) is 0 Å². The van der Waals surface area contributed by atoms with Crippen LogP contribution in [-0.2, 0) is 19.4 Å². The molecule has 61 heavy (non-hydrogen) atoms. The lowest BCUT2D eigenvalue weighted by Gasteiger charge is -2.72. The molecule has 1 N–H and O–H groups in total. The molecule has 0 bridgehead atoms. The van der Waals surface area contributed by atoms with E-state index < -0.39 is 15.3 Å². The summed E-state index contributed by atoms with van der Waals surface area (Å²) in [5.74, 6) is 3.69. The first kappa shape index (κ1) is 45.1. The molecule has 6 aliphatic carbocycles. The van der Waals surface area contributed by atoms with E-state index in [1.807, 2.05) is 19.1 Å². The highest BCUT2D eigenvalue weighted by Crippen LogP contribution is 2.76. The fourth-order valence-corrected chi connectivity index (χ4v) is 17.2. The minimum atomic E-state index is -2.96. The summed E-state index contributed by atoms with van der Waals surface area (Å²) in [5.41, 5.74) is 4.62. The fourth-order valence-electron chi connectivity index (χ4n) is 16.1. The minimum Gasteiger partial charge on any atom is -0.491 e. The molecule has 5 fully saturated rings. The number of sulfone groups is 1. The first-order chi connectivity index (χ1) is 28.8. The number of carbonyl (C=O) groups is 1. The van der Waals surface area contributed by atoms with Crippen molar-refractivity contribution < 1.29 is 22.7 Å². The van der Waals surface area contributed by atoms with Crippen LogP contribution < -0.4 is 10.1 Å². The number of nitrogens with one attached hydrogen (secondary N) is 1. The van der Waals surface area contributed by atoms with Gasteiger partial charge in [-0.3, -0.25) is 9.78 Å². The van der Waals surface area contributed by atoms with Crippen molar-refractivity contribution in [1.29, 1.82) is 0 Å². The Kier molecular flexibility index (Phi) is 12.2. The summed E-state index contributed by atoms with van der Waals surface area (Å²) < 4.78 is 36.3. The Hall–Kier alpha value is -2.49. The summed E-state index contributed by atoms with van der Waals surface area (Å²) in [4.78, 5) is 20.3. The van der Waals surface area contributed by atoms with Crippen LogP contribution in [0, 0.1) is 56.7 Å². The summed E-state index contributed by atoms with van der Waals surface area (Å²) in [6.07, 6.45) is 25.0. The maximum atomic E-state index is 13.6. The van der Waals surface area contributed by atoms with Crippen molar-refractivity contribution in [1.82, 2.24) is 15.2 Å². The van der Waals surface area contributed by atoms with Crippen molar-refractivity contribution in [3.8, 4) is 5.75 Å². The Labute approximate surface area is 369 Å². The second-order valence-electron chi connectivity index (χ2n) is 22.6. The zero-order valence-corrected chi connectivity index (χ0v) is 39.9. The maximum Gasteiger partial charge on any atom is 0.315 e. The first-order valence-electron chi connectivity index (χ1n) is 24.3. The molecular formula is C52H79N3O5S. The molecule has 338 valence electrons. The van der Waals surface area contributed by atoms with Gasteiger partial charge in [-0.1, -0.05) is 58.9 Å². The Morgan fingerprint density at radius 1 is 0.934 bits per heavy atom. The van der Waals surface area contributed by atoms with Crippen molar-refractivity contribution in [3.05, 3.63) is 60.0 Å². The highest BCUT2D eigenvalue weighted by Gasteiger charge is 2.70. The van der Waals surface area contributed by atoms with Crippen LogP contribution in [0.5, 0.6) is 5.75 Å². The van der Waals surface area contributed by atoms with Crippen LogP contribution in [0.1, 0.15) is 138 Å². The Bertz CT molecular complexity index is 1990. The Balaban J connectivity index is 0.997. The number of aromatic nitrogens is 1. The molecule has 1 aromatic rings. The molecule has 1 aliphatic heterocycles. The van der Waals surface area contributed by atoms with Gasteiger partial charge in [-0.15, -0.1) is 0 Å². The zero-order valence-electron chi connectivity index (χ0n) is 39.1. The van der Waals surface area contributed by atoms with Gasteiger partial charge in [0, 0.05) is 31.1 Å². The number of pyridine rings is 1. The lowest BCUT2D eigenvalue weighted by atomic mass is 9.33. The lowest BCUT2D eigenvalue weighted by molar-refractivity contribution is -0.221. The molecule has 4 saturated carbocycles. The number of ether oxygens (including phenoxy) is 2. The van der Waals surface area contributed by atoms with Crippen molar-refractivity contribution >= 4 is 15.8 Å². The molecule has 0 spiro atoms. The van der Waals surface area contributed by atoms with Crippen LogP contribution in [0.2, 0.25) is 0 Å². The third kappa shape index (κ3) is 7.62. The normalized spacial score (nSPS) is 40.0. The van der Waals surface area contributed by atoms with Crippen molar-refractivity contribution in [3.63, 3.8) is 0 Å². The summed E-state index contributed by atoms with van der Waals surface area (Å²) >= 11 is 0. The van der Waals surface area contributed by atoms with E-state index in [1.54, 1.807) is 12.4 Å². The van der Waals surface area contributed by atoms with Gasteiger partial charge in [0.15, 0.2) is 0 Å². The summed E-state index contributed by atoms with van der Waals surface area (Å²) in [7, 11) is -2.96. The van der Waals surface area contributed by atoms with Crippen molar-refractivity contribution in [2.24, 2.45) is 56.7 Å². The van der Waals surface area contributed by atoms with Gasteiger partial charge < -0.3 is 19.7 Å². The molecule has 8 nitrogen and oxygen atoms in total. The number of likely N-dealkylation sites (tertiary alicyclic amines) is 1. The maximum absolute atomic E-state index is 13.6. The molecular weight excluding hydrogens is 779 g/mol. The van der Waals surface area contributed by atoms with Gasteiger partial charge in [0.05, 0.1) is 18.1 Å². The first-order valence-corrected chi connectivity index (χ1v) is 26.2. The van der Waals surface area contributed by atoms with Crippen LogP contribution >= 0.6 is 0 Å². The van der Waals surface area contributed by atoms with E-state index in [9.17, 15) is 13.2 Å². The average molecular weight is 858 g/mol. The number of allylic oxidation sites excluding steroid dienone is 5. The predicted molar refractivity (Wildman–Crippen MR) is 246 cm³/mol. The second kappa shape index (κ2) is 16.5. The van der Waals surface area contributed by atoms with E-state index in [2.05, 4.69) is 75.5 Å². The zero-order chi connectivity index (χ0) is 43.6. The molecule has 2 heterocycles. The van der Waals surface area contributed by atoms with Gasteiger partial charge in [-0.25, -0.2) is 8.42 Å².